The van der Waals surface area contributed by atoms with Crippen LogP contribution in [0.2, 0.25) is 5.15 Å². The quantitative estimate of drug-likeness (QED) is 0.857. The number of nitrogens with one attached hydrogen (secondary N) is 1. The van der Waals surface area contributed by atoms with E-state index in [9.17, 15) is 9.59 Å². The number of hydrogen-bond donors (Lipinski definition) is 1. The second-order valence-corrected chi connectivity index (χ2v) is 5.32. The standard InChI is InChI=1S/C14H13ClN2O2/c1-8-7-10(8)17-13(18)11(12(15)16-14(17)19)9-5-3-2-4-6-9/h2-6,8,10H,7H2,1H3,(H,16,19). The van der Waals surface area contributed by atoms with Crippen LogP contribution in [0, 0.1) is 5.92 Å². The van der Waals surface area contributed by atoms with Gasteiger partial charge in [0.25, 0.3) is 5.56 Å². The van der Waals surface area contributed by atoms with E-state index >= 15 is 0 Å². The van der Waals surface area contributed by atoms with E-state index < -0.39 is 5.69 Å². The average molecular weight is 277 g/mol. The van der Waals surface area contributed by atoms with Gasteiger partial charge in [-0.1, -0.05) is 48.9 Å². The highest BCUT2D eigenvalue weighted by molar-refractivity contribution is 6.32. The van der Waals surface area contributed by atoms with Crippen molar-refractivity contribution in [3.05, 3.63) is 56.3 Å². The van der Waals surface area contributed by atoms with Crippen molar-refractivity contribution >= 4 is 11.6 Å². The monoisotopic (exact) mass is 276 g/mol. The Morgan fingerprint density at radius 1 is 1.26 bits per heavy atom. The lowest BCUT2D eigenvalue weighted by Crippen LogP contribution is -2.36. The van der Waals surface area contributed by atoms with Gasteiger partial charge in [-0.2, -0.15) is 0 Å². The molecule has 1 aromatic carbocycles. The normalized spacial score (nSPS) is 21.4. The summed E-state index contributed by atoms with van der Waals surface area (Å²) in [5.41, 5.74) is 0.343. The molecule has 0 saturated heterocycles. The first-order valence-corrected chi connectivity index (χ1v) is 6.57. The van der Waals surface area contributed by atoms with E-state index in [-0.39, 0.29) is 16.8 Å². The second-order valence-electron chi connectivity index (χ2n) is 4.94. The molecule has 2 unspecified atom stereocenters. The van der Waals surface area contributed by atoms with Gasteiger partial charge in [0.1, 0.15) is 5.15 Å². The third kappa shape index (κ3) is 2.02. The number of H-pyrrole nitrogens is 1. The Balaban J connectivity index is 2.26. The first-order valence-electron chi connectivity index (χ1n) is 6.19. The van der Waals surface area contributed by atoms with Crippen molar-refractivity contribution in [2.24, 2.45) is 5.92 Å². The first kappa shape index (κ1) is 12.2. The van der Waals surface area contributed by atoms with Crippen LogP contribution >= 0.6 is 11.6 Å². The molecule has 1 aromatic heterocycles. The number of rotatable bonds is 2. The SMILES string of the molecule is CC1CC1n1c(=O)[nH]c(Cl)c(-c2ccccc2)c1=O. The predicted octanol–water partition coefficient (Wildman–Crippen LogP) is 2.44. The summed E-state index contributed by atoms with van der Waals surface area (Å²) in [6.45, 7) is 2.02. The van der Waals surface area contributed by atoms with Crippen molar-refractivity contribution < 1.29 is 0 Å². The highest BCUT2D eigenvalue weighted by Gasteiger charge is 2.37. The lowest BCUT2D eigenvalue weighted by Gasteiger charge is -2.08. The molecule has 98 valence electrons. The van der Waals surface area contributed by atoms with E-state index in [0.717, 1.165) is 12.0 Å². The summed E-state index contributed by atoms with van der Waals surface area (Å²) < 4.78 is 1.29. The first-order chi connectivity index (χ1) is 9.09. The number of nitrogens with zero attached hydrogens (tertiary/aromatic N) is 1. The highest BCUT2D eigenvalue weighted by Crippen LogP contribution is 2.41. The smallest absolute Gasteiger partial charge is 0.297 e. The molecule has 0 bridgehead atoms. The number of halogens is 1. The molecule has 1 aliphatic rings. The Morgan fingerprint density at radius 2 is 1.89 bits per heavy atom. The largest absolute Gasteiger partial charge is 0.329 e. The number of aromatic nitrogens is 2. The summed E-state index contributed by atoms with van der Waals surface area (Å²) >= 11 is 6.03. The maximum Gasteiger partial charge on any atom is 0.329 e. The van der Waals surface area contributed by atoms with Crippen LogP contribution in [0.3, 0.4) is 0 Å². The third-order valence-corrected chi connectivity index (χ3v) is 3.83. The Bertz CT molecular complexity index is 733. The van der Waals surface area contributed by atoms with Gasteiger partial charge in [0, 0.05) is 6.04 Å². The summed E-state index contributed by atoms with van der Waals surface area (Å²) in [7, 11) is 0. The maximum absolute atomic E-state index is 12.5. The van der Waals surface area contributed by atoms with Crippen LogP contribution in [0.25, 0.3) is 11.1 Å². The molecule has 19 heavy (non-hydrogen) atoms. The minimum absolute atomic E-state index is 0.00372. The minimum Gasteiger partial charge on any atom is -0.297 e. The van der Waals surface area contributed by atoms with Gasteiger partial charge in [-0.3, -0.25) is 14.3 Å². The van der Waals surface area contributed by atoms with Crippen LogP contribution in [-0.2, 0) is 0 Å². The Hall–Kier alpha value is -1.81. The minimum atomic E-state index is -0.427. The molecule has 4 nitrogen and oxygen atoms in total. The summed E-state index contributed by atoms with van der Waals surface area (Å²) in [5, 5.41) is 0.103. The van der Waals surface area contributed by atoms with Crippen molar-refractivity contribution in [1.29, 1.82) is 0 Å². The van der Waals surface area contributed by atoms with E-state index in [2.05, 4.69) is 4.98 Å². The van der Waals surface area contributed by atoms with Gasteiger partial charge in [0.15, 0.2) is 0 Å². The summed E-state index contributed by atoms with van der Waals surface area (Å²) in [5.74, 6) is 0.364. The van der Waals surface area contributed by atoms with Crippen molar-refractivity contribution in [3.8, 4) is 11.1 Å². The van der Waals surface area contributed by atoms with Crippen molar-refractivity contribution in [2.45, 2.75) is 19.4 Å². The van der Waals surface area contributed by atoms with Crippen molar-refractivity contribution in [1.82, 2.24) is 9.55 Å². The second kappa shape index (κ2) is 4.38. The summed E-state index contributed by atoms with van der Waals surface area (Å²) in [6, 6.07) is 9.14. The molecule has 1 aliphatic carbocycles. The Morgan fingerprint density at radius 3 is 2.47 bits per heavy atom. The van der Waals surface area contributed by atoms with Gasteiger partial charge in [-0.15, -0.1) is 0 Å². The fourth-order valence-corrected chi connectivity index (χ4v) is 2.61. The molecule has 1 heterocycles. The van der Waals surface area contributed by atoms with Crippen LogP contribution in [-0.4, -0.2) is 9.55 Å². The Labute approximate surface area is 114 Å². The van der Waals surface area contributed by atoms with Gasteiger partial charge in [0.05, 0.1) is 5.56 Å². The zero-order valence-corrected chi connectivity index (χ0v) is 11.1. The Kier molecular flexibility index (Phi) is 2.82. The molecule has 1 fully saturated rings. The lowest BCUT2D eigenvalue weighted by atomic mass is 10.1. The van der Waals surface area contributed by atoms with E-state index in [1.807, 2.05) is 37.3 Å². The van der Waals surface area contributed by atoms with Gasteiger partial charge >= 0.3 is 5.69 Å². The zero-order chi connectivity index (χ0) is 13.6. The van der Waals surface area contributed by atoms with Gasteiger partial charge in [-0.25, -0.2) is 4.79 Å². The predicted molar refractivity (Wildman–Crippen MR) is 74.6 cm³/mol. The molecule has 2 atom stereocenters. The van der Waals surface area contributed by atoms with E-state index in [4.69, 9.17) is 11.6 Å². The third-order valence-electron chi connectivity index (χ3n) is 3.55. The van der Waals surface area contributed by atoms with Crippen molar-refractivity contribution in [2.75, 3.05) is 0 Å². The molecule has 1 N–H and O–H groups in total. The molecular formula is C14H13ClN2O2. The zero-order valence-electron chi connectivity index (χ0n) is 10.4. The molecule has 5 heteroatoms. The van der Waals surface area contributed by atoms with Gasteiger partial charge in [0.2, 0.25) is 0 Å². The maximum atomic E-state index is 12.5. The molecule has 0 aliphatic heterocycles. The lowest BCUT2D eigenvalue weighted by molar-refractivity contribution is 0.619. The molecular weight excluding hydrogens is 264 g/mol. The van der Waals surface area contributed by atoms with E-state index in [0.29, 0.717) is 11.5 Å². The number of benzene rings is 1. The van der Waals surface area contributed by atoms with Crippen LogP contribution < -0.4 is 11.2 Å². The molecule has 3 rings (SSSR count). The average Bonchev–Trinajstić information content (AvgIpc) is 3.06. The molecule has 0 radical (unpaired) electrons. The van der Waals surface area contributed by atoms with Gasteiger partial charge in [-0.05, 0) is 17.9 Å². The van der Waals surface area contributed by atoms with E-state index in [1.54, 1.807) is 0 Å². The number of aromatic amines is 1. The van der Waals surface area contributed by atoms with E-state index in [1.165, 1.54) is 4.57 Å². The highest BCUT2D eigenvalue weighted by atomic mass is 35.5. The topological polar surface area (TPSA) is 54.9 Å². The molecule has 1 saturated carbocycles. The van der Waals surface area contributed by atoms with Crippen LogP contribution in [0.4, 0.5) is 0 Å². The van der Waals surface area contributed by atoms with Crippen LogP contribution in [0.1, 0.15) is 19.4 Å². The fourth-order valence-electron chi connectivity index (χ4n) is 2.34. The fraction of sp³-hybridized carbons (Fsp3) is 0.286. The molecule has 2 aromatic rings. The summed E-state index contributed by atoms with van der Waals surface area (Å²) in [4.78, 5) is 27.0. The number of hydrogen-bond acceptors (Lipinski definition) is 2. The van der Waals surface area contributed by atoms with Crippen molar-refractivity contribution in [3.63, 3.8) is 0 Å². The van der Waals surface area contributed by atoms with Gasteiger partial charge < -0.3 is 0 Å². The summed E-state index contributed by atoms with van der Waals surface area (Å²) in [6.07, 6.45) is 0.860. The van der Waals surface area contributed by atoms with Crippen LogP contribution in [0.5, 0.6) is 0 Å². The molecule has 0 amide bonds. The van der Waals surface area contributed by atoms with Crippen LogP contribution in [0.15, 0.2) is 39.9 Å². The molecule has 0 spiro atoms.